The maximum Gasteiger partial charge on any atom is 0.419 e. The van der Waals surface area contributed by atoms with Gasteiger partial charge < -0.3 is 29.9 Å². The van der Waals surface area contributed by atoms with Gasteiger partial charge in [-0.15, -0.1) is 0 Å². The van der Waals surface area contributed by atoms with Crippen LogP contribution in [0, 0.1) is 0 Å². The van der Waals surface area contributed by atoms with Gasteiger partial charge in [-0.25, -0.2) is 9.59 Å². The normalized spacial score (nSPS) is 25.2. The number of carbonyl (C=O) groups is 2. The summed E-state index contributed by atoms with van der Waals surface area (Å²) in [4.78, 5) is 39.1. The molecule has 10 nitrogen and oxygen atoms in total. The van der Waals surface area contributed by atoms with Crippen molar-refractivity contribution in [2.24, 2.45) is 9.98 Å². The number of benzene rings is 2. The van der Waals surface area contributed by atoms with Crippen molar-refractivity contribution in [1.29, 1.82) is 0 Å². The minimum atomic E-state index is -1.28. The fourth-order valence-corrected chi connectivity index (χ4v) is 8.27. The highest BCUT2D eigenvalue weighted by molar-refractivity contribution is 8.01. The quantitative estimate of drug-likeness (QED) is 0.390. The number of hydrogen-bond acceptors (Lipinski definition) is 12. The topological polar surface area (TPSA) is 108 Å². The van der Waals surface area contributed by atoms with Gasteiger partial charge in [0.25, 0.3) is 0 Å². The van der Waals surface area contributed by atoms with Crippen LogP contribution in [0.3, 0.4) is 0 Å². The van der Waals surface area contributed by atoms with E-state index in [0.29, 0.717) is 47.9 Å². The van der Waals surface area contributed by atoms with Gasteiger partial charge in [0.15, 0.2) is 11.7 Å². The molecule has 2 aromatic rings. The van der Waals surface area contributed by atoms with E-state index in [9.17, 15) is 9.59 Å². The first-order valence-corrected chi connectivity index (χ1v) is 15.0. The Kier molecular flexibility index (Phi) is 7.22. The smallest absolute Gasteiger partial charge is 0.419 e. The van der Waals surface area contributed by atoms with Gasteiger partial charge in [-0.2, -0.15) is 0 Å². The summed E-state index contributed by atoms with van der Waals surface area (Å²) in [5.41, 5.74) is 1.80. The molecule has 4 heterocycles. The van der Waals surface area contributed by atoms with Crippen molar-refractivity contribution >= 4 is 81.7 Å². The summed E-state index contributed by atoms with van der Waals surface area (Å²) in [5, 5.41) is 7.65. The van der Waals surface area contributed by atoms with Crippen molar-refractivity contribution in [3.8, 4) is 0 Å². The minimum absolute atomic E-state index is 0.251. The predicted molar refractivity (Wildman–Crippen MR) is 159 cm³/mol. The molecule has 4 aliphatic heterocycles. The van der Waals surface area contributed by atoms with Crippen LogP contribution in [0.15, 0.2) is 56.2 Å². The largest absolute Gasteiger partial charge is 0.429 e. The zero-order chi connectivity index (χ0) is 28.1. The van der Waals surface area contributed by atoms with Crippen LogP contribution in [0.4, 0.5) is 11.4 Å². The van der Waals surface area contributed by atoms with Crippen LogP contribution in [-0.2, 0) is 19.1 Å². The van der Waals surface area contributed by atoms with E-state index in [4.69, 9.17) is 32.7 Å². The van der Waals surface area contributed by atoms with Gasteiger partial charge in [-0.1, -0.05) is 46.7 Å². The second-order valence-corrected chi connectivity index (χ2v) is 13.2. The molecule has 2 unspecified atom stereocenters. The molecule has 2 atom stereocenters. The van der Waals surface area contributed by atoms with Gasteiger partial charge in [0, 0.05) is 47.0 Å². The van der Waals surface area contributed by atoms with Crippen LogP contribution in [0.2, 0.25) is 10.0 Å². The summed E-state index contributed by atoms with van der Waals surface area (Å²) in [5.74, 6) is -1.23. The molecule has 210 valence electrons. The third-order valence-corrected chi connectivity index (χ3v) is 9.93. The molecule has 0 fully saturated rings. The number of likely N-dealkylation sites (N-methyl/N-ethyl adjacent to an activating group) is 2. The number of nitrogens with zero attached hydrogens (tertiary/aromatic N) is 4. The lowest BCUT2D eigenvalue weighted by molar-refractivity contribution is -0.172. The highest BCUT2D eigenvalue weighted by Crippen LogP contribution is 2.48. The molecule has 14 heteroatoms. The number of carbonyl (C=O) groups excluding carboxylic acids is 2. The summed E-state index contributed by atoms with van der Waals surface area (Å²) in [7, 11) is 3.75. The zero-order valence-electron chi connectivity index (χ0n) is 21.7. The number of rotatable bonds is 4. The summed E-state index contributed by atoms with van der Waals surface area (Å²) in [6.07, 6.45) is 0. The highest BCUT2D eigenvalue weighted by atomic mass is 35.5. The summed E-state index contributed by atoms with van der Waals surface area (Å²) in [6.45, 7) is 2.80. The summed E-state index contributed by atoms with van der Waals surface area (Å²) in [6, 6.07) is 11.0. The summed E-state index contributed by atoms with van der Waals surface area (Å²) >= 11 is 15.1. The van der Waals surface area contributed by atoms with Crippen LogP contribution < -0.4 is 20.4 Å². The number of ether oxygens (including phenoxy) is 2. The van der Waals surface area contributed by atoms with Crippen LogP contribution in [0.1, 0.15) is 0 Å². The first-order chi connectivity index (χ1) is 19.2. The molecule has 0 radical (unpaired) electrons. The van der Waals surface area contributed by atoms with E-state index in [1.807, 2.05) is 48.2 Å². The SMILES string of the molecule is CN1CC(OC(=O)C(=O)OC2(C3=NCCN3)CN(C)c3cc(Cl)ccc3S2)(C2=NCCN2)Sc2ccc(Cl)cc21. The van der Waals surface area contributed by atoms with Crippen molar-refractivity contribution in [3.05, 3.63) is 46.4 Å². The fourth-order valence-electron chi connectivity index (χ4n) is 5.10. The molecule has 40 heavy (non-hydrogen) atoms. The van der Waals surface area contributed by atoms with Crippen molar-refractivity contribution in [2.75, 3.05) is 63.2 Å². The molecule has 6 rings (SSSR count). The number of esters is 2. The maximum atomic E-state index is 13.5. The second-order valence-electron chi connectivity index (χ2n) is 9.74. The number of nitrogens with one attached hydrogen (secondary N) is 2. The lowest BCUT2D eigenvalue weighted by Gasteiger charge is -2.42. The van der Waals surface area contributed by atoms with Crippen LogP contribution in [0.5, 0.6) is 0 Å². The molecule has 0 aromatic heterocycles. The molecule has 2 aromatic carbocycles. The molecule has 2 N–H and O–H groups in total. The molecule has 0 aliphatic carbocycles. The Hall–Kier alpha value is -2.80. The van der Waals surface area contributed by atoms with Gasteiger partial charge in [-0.3, -0.25) is 9.98 Å². The number of halogens is 2. The number of anilines is 2. The number of fused-ring (bicyclic) bond motifs is 2. The van der Waals surface area contributed by atoms with E-state index in [1.165, 1.54) is 23.5 Å². The zero-order valence-corrected chi connectivity index (χ0v) is 24.8. The Labute approximate surface area is 249 Å². The number of aliphatic imine (C=N–C) groups is 2. The average molecular weight is 622 g/mol. The second kappa shape index (κ2) is 10.6. The van der Waals surface area contributed by atoms with E-state index in [-0.39, 0.29) is 13.1 Å². The molecule has 0 saturated carbocycles. The minimum Gasteiger partial charge on any atom is -0.429 e. The number of thioether (sulfide) groups is 2. The fraction of sp³-hybridized carbons (Fsp3) is 0.385. The highest BCUT2D eigenvalue weighted by Gasteiger charge is 2.52. The lowest BCUT2D eigenvalue weighted by Crippen LogP contribution is -2.57. The monoisotopic (exact) mass is 620 g/mol. The molecule has 0 bridgehead atoms. The van der Waals surface area contributed by atoms with E-state index in [0.717, 1.165) is 21.2 Å². The Morgan fingerprint density at radius 1 is 0.800 bits per heavy atom. The molecule has 0 amide bonds. The average Bonchev–Trinajstić information content (AvgIpc) is 3.65. The molecule has 0 saturated heterocycles. The van der Waals surface area contributed by atoms with Crippen LogP contribution in [0.25, 0.3) is 0 Å². The molecular weight excluding hydrogens is 595 g/mol. The Morgan fingerprint density at radius 2 is 1.23 bits per heavy atom. The van der Waals surface area contributed by atoms with Gasteiger partial charge in [0.1, 0.15) is 0 Å². The predicted octanol–water partition coefficient (Wildman–Crippen LogP) is 3.26. The van der Waals surface area contributed by atoms with Gasteiger partial charge in [0.05, 0.1) is 37.6 Å². The summed E-state index contributed by atoms with van der Waals surface area (Å²) < 4.78 is 12.0. The standard InChI is InChI=1S/C26H26Cl2N6O4S2/c1-33-13-25(23-29-7-8-30-23,39-19-5-3-15(27)11-17(19)33)37-21(35)22(36)38-26(24-31-9-10-32-24)14-34(2)18-12-16(28)4-6-20(18)40-26/h3-6,11-12H,7-10,13-14H2,1-2H3,(H,29,30)(H,31,32). The third kappa shape index (κ3) is 4.95. The molecule has 4 aliphatic rings. The van der Waals surface area contributed by atoms with Gasteiger partial charge >= 0.3 is 11.9 Å². The van der Waals surface area contributed by atoms with Crippen molar-refractivity contribution < 1.29 is 19.1 Å². The molecular formula is C26H26Cl2N6O4S2. The van der Waals surface area contributed by atoms with Gasteiger partial charge in [0.2, 0.25) is 9.87 Å². The van der Waals surface area contributed by atoms with Crippen molar-refractivity contribution in [2.45, 2.75) is 19.7 Å². The van der Waals surface area contributed by atoms with E-state index in [2.05, 4.69) is 20.6 Å². The van der Waals surface area contributed by atoms with E-state index in [1.54, 1.807) is 12.1 Å². The first kappa shape index (κ1) is 27.4. The first-order valence-electron chi connectivity index (χ1n) is 12.6. The van der Waals surface area contributed by atoms with Crippen LogP contribution >= 0.6 is 46.7 Å². The van der Waals surface area contributed by atoms with Crippen molar-refractivity contribution in [3.63, 3.8) is 0 Å². The third-order valence-electron chi connectivity index (χ3n) is 6.86. The van der Waals surface area contributed by atoms with Crippen LogP contribution in [-0.4, -0.2) is 86.8 Å². The number of hydrogen-bond donors (Lipinski definition) is 2. The van der Waals surface area contributed by atoms with Gasteiger partial charge in [-0.05, 0) is 36.4 Å². The maximum absolute atomic E-state index is 13.5. The number of amidine groups is 2. The van der Waals surface area contributed by atoms with E-state index < -0.39 is 21.8 Å². The Bertz CT molecular complexity index is 1350. The Morgan fingerprint density at radius 3 is 1.60 bits per heavy atom. The van der Waals surface area contributed by atoms with E-state index >= 15 is 0 Å². The lowest BCUT2D eigenvalue weighted by atomic mass is 10.2. The Balaban J connectivity index is 1.29. The van der Waals surface area contributed by atoms with Crippen molar-refractivity contribution in [1.82, 2.24) is 10.6 Å². The molecule has 0 spiro atoms.